The van der Waals surface area contributed by atoms with Crippen molar-refractivity contribution in [3.8, 4) is 5.75 Å². The van der Waals surface area contributed by atoms with E-state index < -0.39 is 0 Å². The summed E-state index contributed by atoms with van der Waals surface area (Å²) in [7, 11) is 1.70. The predicted molar refractivity (Wildman–Crippen MR) is 84.4 cm³/mol. The SMILES string of the molecule is COc1ccc(Nc2ccncn2)cc1CN1CCOCC1. The summed E-state index contributed by atoms with van der Waals surface area (Å²) in [6, 6.07) is 7.92. The molecule has 1 aromatic carbocycles. The summed E-state index contributed by atoms with van der Waals surface area (Å²) in [6.07, 6.45) is 3.24. The maximum Gasteiger partial charge on any atom is 0.133 e. The van der Waals surface area contributed by atoms with Crippen molar-refractivity contribution in [2.75, 3.05) is 38.7 Å². The van der Waals surface area contributed by atoms with Crippen LogP contribution in [0.1, 0.15) is 5.56 Å². The van der Waals surface area contributed by atoms with Gasteiger partial charge in [-0.3, -0.25) is 4.90 Å². The van der Waals surface area contributed by atoms with Crippen molar-refractivity contribution in [1.82, 2.24) is 14.9 Å². The monoisotopic (exact) mass is 300 g/mol. The molecule has 2 heterocycles. The third-order valence-electron chi connectivity index (χ3n) is 3.63. The van der Waals surface area contributed by atoms with Crippen molar-refractivity contribution in [3.05, 3.63) is 42.4 Å². The third-order valence-corrected chi connectivity index (χ3v) is 3.63. The molecule has 1 saturated heterocycles. The summed E-state index contributed by atoms with van der Waals surface area (Å²) in [6.45, 7) is 4.34. The molecule has 1 aliphatic heterocycles. The number of anilines is 2. The number of hydrogen-bond donors (Lipinski definition) is 1. The summed E-state index contributed by atoms with van der Waals surface area (Å²) in [5.41, 5.74) is 2.14. The summed E-state index contributed by atoms with van der Waals surface area (Å²) >= 11 is 0. The van der Waals surface area contributed by atoms with Gasteiger partial charge in [-0.25, -0.2) is 9.97 Å². The fourth-order valence-corrected chi connectivity index (χ4v) is 2.49. The molecule has 1 fully saturated rings. The standard InChI is InChI=1S/C16H20N4O2/c1-21-15-3-2-14(19-16-4-5-17-12-18-16)10-13(15)11-20-6-8-22-9-7-20/h2-5,10,12H,6-9,11H2,1H3,(H,17,18,19). The van der Waals surface area contributed by atoms with E-state index in [2.05, 4.69) is 26.3 Å². The molecular weight excluding hydrogens is 280 g/mol. The van der Waals surface area contributed by atoms with Gasteiger partial charge in [-0.15, -0.1) is 0 Å². The maximum atomic E-state index is 5.48. The van der Waals surface area contributed by atoms with Crippen LogP contribution in [0.15, 0.2) is 36.8 Å². The highest BCUT2D eigenvalue weighted by molar-refractivity contribution is 5.59. The smallest absolute Gasteiger partial charge is 0.133 e. The lowest BCUT2D eigenvalue weighted by molar-refractivity contribution is 0.0339. The average molecular weight is 300 g/mol. The highest BCUT2D eigenvalue weighted by atomic mass is 16.5. The number of benzene rings is 1. The van der Waals surface area contributed by atoms with Crippen LogP contribution in [-0.4, -0.2) is 48.3 Å². The molecule has 1 N–H and O–H groups in total. The summed E-state index contributed by atoms with van der Waals surface area (Å²) in [5, 5.41) is 3.28. The van der Waals surface area contributed by atoms with E-state index in [0.29, 0.717) is 0 Å². The molecule has 1 aromatic heterocycles. The number of morpholine rings is 1. The molecule has 6 nitrogen and oxygen atoms in total. The first-order valence-electron chi connectivity index (χ1n) is 7.35. The number of aromatic nitrogens is 2. The van der Waals surface area contributed by atoms with Gasteiger partial charge in [-0.2, -0.15) is 0 Å². The Kier molecular flexibility index (Phi) is 4.82. The minimum atomic E-state index is 0.775. The van der Waals surface area contributed by atoms with Gasteiger partial charge in [0.25, 0.3) is 0 Å². The first kappa shape index (κ1) is 14.7. The van der Waals surface area contributed by atoms with Gasteiger partial charge >= 0.3 is 0 Å². The van der Waals surface area contributed by atoms with Crippen LogP contribution in [0.25, 0.3) is 0 Å². The second-order valence-corrected chi connectivity index (χ2v) is 5.13. The molecule has 0 aliphatic carbocycles. The number of rotatable bonds is 5. The molecule has 0 radical (unpaired) electrons. The van der Waals surface area contributed by atoms with Crippen LogP contribution in [0.3, 0.4) is 0 Å². The van der Waals surface area contributed by atoms with Crippen molar-refractivity contribution in [2.24, 2.45) is 0 Å². The van der Waals surface area contributed by atoms with Crippen LogP contribution in [-0.2, 0) is 11.3 Å². The van der Waals surface area contributed by atoms with Crippen LogP contribution in [0, 0.1) is 0 Å². The zero-order valence-electron chi connectivity index (χ0n) is 12.7. The molecule has 116 valence electrons. The third kappa shape index (κ3) is 3.72. The van der Waals surface area contributed by atoms with Crippen molar-refractivity contribution < 1.29 is 9.47 Å². The van der Waals surface area contributed by atoms with Gasteiger partial charge in [0.05, 0.1) is 20.3 Å². The van der Waals surface area contributed by atoms with Crippen molar-refractivity contribution in [2.45, 2.75) is 6.54 Å². The lowest BCUT2D eigenvalue weighted by Crippen LogP contribution is -2.35. The Hall–Kier alpha value is -2.18. The zero-order valence-corrected chi connectivity index (χ0v) is 12.7. The van der Waals surface area contributed by atoms with Gasteiger partial charge in [0, 0.05) is 37.1 Å². The molecule has 2 aromatic rings. The highest BCUT2D eigenvalue weighted by Gasteiger charge is 2.14. The van der Waals surface area contributed by atoms with Crippen molar-refractivity contribution >= 4 is 11.5 Å². The van der Waals surface area contributed by atoms with Gasteiger partial charge in [0.15, 0.2) is 0 Å². The van der Waals surface area contributed by atoms with E-state index in [1.165, 1.54) is 6.33 Å². The topological polar surface area (TPSA) is 59.5 Å². The van der Waals surface area contributed by atoms with Gasteiger partial charge in [-0.05, 0) is 24.3 Å². The quantitative estimate of drug-likeness (QED) is 0.912. The van der Waals surface area contributed by atoms with Crippen LogP contribution in [0.5, 0.6) is 5.75 Å². The van der Waals surface area contributed by atoms with E-state index in [1.54, 1.807) is 13.3 Å². The number of nitrogens with one attached hydrogen (secondary N) is 1. The van der Waals surface area contributed by atoms with Gasteiger partial charge < -0.3 is 14.8 Å². The lowest BCUT2D eigenvalue weighted by Gasteiger charge is -2.27. The van der Waals surface area contributed by atoms with Crippen molar-refractivity contribution in [3.63, 3.8) is 0 Å². The zero-order chi connectivity index (χ0) is 15.2. The normalized spacial score (nSPS) is 15.5. The Morgan fingerprint density at radius 2 is 2.14 bits per heavy atom. The highest BCUT2D eigenvalue weighted by Crippen LogP contribution is 2.25. The lowest BCUT2D eigenvalue weighted by atomic mass is 10.1. The Morgan fingerprint density at radius 1 is 1.27 bits per heavy atom. The average Bonchev–Trinajstić information content (AvgIpc) is 2.57. The van der Waals surface area contributed by atoms with E-state index in [1.807, 2.05) is 18.2 Å². The first-order valence-corrected chi connectivity index (χ1v) is 7.35. The number of methoxy groups -OCH3 is 1. The number of nitrogens with zero attached hydrogens (tertiary/aromatic N) is 3. The van der Waals surface area contributed by atoms with E-state index >= 15 is 0 Å². The van der Waals surface area contributed by atoms with Gasteiger partial charge in [0.2, 0.25) is 0 Å². The van der Waals surface area contributed by atoms with Crippen LogP contribution in [0.2, 0.25) is 0 Å². The van der Waals surface area contributed by atoms with Crippen LogP contribution >= 0.6 is 0 Å². The second-order valence-electron chi connectivity index (χ2n) is 5.13. The Labute approximate surface area is 130 Å². The predicted octanol–water partition coefficient (Wildman–Crippen LogP) is 2.06. The molecular formula is C16H20N4O2. The molecule has 22 heavy (non-hydrogen) atoms. The molecule has 0 atom stereocenters. The minimum absolute atomic E-state index is 0.775. The molecule has 0 saturated carbocycles. The van der Waals surface area contributed by atoms with E-state index in [0.717, 1.165) is 55.7 Å². The number of hydrogen-bond acceptors (Lipinski definition) is 6. The van der Waals surface area contributed by atoms with Gasteiger partial charge in [-0.1, -0.05) is 0 Å². The summed E-state index contributed by atoms with van der Waals surface area (Å²) in [5.74, 6) is 1.68. The van der Waals surface area contributed by atoms with E-state index in [-0.39, 0.29) is 0 Å². The second kappa shape index (κ2) is 7.20. The van der Waals surface area contributed by atoms with Crippen LogP contribution in [0.4, 0.5) is 11.5 Å². The Bertz CT molecular complexity index is 600. The van der Waals surface area contributed by atoms with E-state index in [9.17, 15) is 0 Å². The largest absolute Gasteiger partial charge is 0.496 e. The van der Waals surface area contributed by atoms with E-state index in [4.69, 9.17) is 9.47 Å². The molecule has 0 unspecified atom stereocenters. The molecule has 6 heteroatoms. The van der Waals surface area contributed by atoms with Crippen LogP contribution < -0.4 is 10.1 Å². The van der Waals surface area contributed by atoms with Crippen molar-refractivity contribution in [1.29, 1.82) is 0 Å². The fraction of sp³-hybridized carbons (Fsp3) is 0.375. The Balaban J connectivity index is 1.76. The molecule has 0 amide bonds. The Morgan fingerprint density at radius 3 is 2.86 bits per heavy atom. The molecule has 0 bridgehead atoms. The summed E-state index contributed by atoms with van der Waals surface area (Å²) < 4.78 is 10.9. The maximum absolute atomic E-state index is 5.48. The summed E-state index contributed by atoms with van der Waals surface area (Å²) in [4.78, 5) is 10.5. The molecule has 1 aliphatic rings. The number of ether oxygens (including phenoxy) is 2. The van der Waals surface area contributed by atoms with Gasteiger partial charge in [0.1, 0.15) is 17.9 Å². The first-order chi connectivity index (χ1) is 10.8. The fourth-order valence-electron chi connectivity index (χ4n) is 2.49. The molecule has 3 rings (SSSR count). The minimum Gasteiger partial charge on any atom is -0.496 e. The molecule has 0 spiro atoms.